The minimum absolute atomic E-state index is 0.903. The first kappa shape index (κ1) is 10.9. The third-order valence-electron chi connectivity index (χ3n) is 1.74. The molecule has 0 radical (unpaired) electrons. The molecule has 0 fully saturated rings. The summed E-state index contributed by atoms with van der Waals surface area (Å²) in [6.07, 6.45) is 3.69. The van der Waals surface area contributed by atoms with Gasteiger partial charge >= 0.3 is 0 Å². The van der Waals surface area contributed by atoms with Crippen LogP contribution in [0.3, 0.4) is 0 Å². The molecule has 0 saturated carbocycles. The summed E-state index contributed by atoms with van der Waals surface area (Å²) in [4.78, 5) is 2.37. The summed E-state index contributed by atoms with van der Waals surface area (Å²) >= 11 is 0. The van der Waals surface area contributed by atoms with Crippen molar-refractivity contribution in [1.82, 2.24) is 4.90 Å². The maximum absolute atomic E-state index is 4.97. The highest BCUT2D eigenvalue weighted by molar-refractivity contribution is 4.49. The summed E-state index contributed by atoms with van der Waals surface area (Å²) in [5.74, 6) is 0. The molecule has 0 aliphatic heterocycles. The van der Waals surface area contributed by atoms with Crippen molar-refractivity contribution in [2.24, 2.45) is 0 Å². The number of rotatable bonds is 7. The van der Waals surface area contributed by atoms with E-state index in [2.05, 4.69) is 18.9 Å². The Morgan fingerprint density at radius 2 is 1.91 bits per heavy atom. The van der Waals surface area contributed by atoms with Gasteiger partial charge in [0, 0.05) is 13.7 Å². The summed E-state index contributed by atoms with van der Waals surface area (Å²) in [6, 6.07) is 0. The molecule has 0 atom stereocenters. The van der Waals surface area contributed by atoms with E-state index in [-0.39, 0.29) is 0 Å². The summed E-state index contributed by atoms with van der Waals surface area (Å²) in [5, 5.41) is 0. The Kier molecular flexibility index (Phi) is 7.96. The highest BCUT2D eigenvalue weighted by Crippen LogP contribution is 1.93. The molecule has 0 aliphatic rings. The molecule has 68 valence electrons. The van der Waals surface area contributed by atoms with Crippen molar-refractivity contribution in [3.8, 4) is 0 Å². The molecule has 0 N–H and O–H groups in total. The van der Waals surface area contributed by atoms with Crippen molar-refractivity contribution < 1.29 is 4.74 Å². The molecule has 0 unspecified atom stereocenters. The Morgan fingerprint density at radius 3 is 2.45 bits per heavy atom. The lowest BCUT2D eigenvalue weighted by molar-refractivity contribution is 0.187. The van der Waals surface area contributed by atoms with Crippen molar-refractivity contribution >= 4 is 0 Å². The first-order chi connectivity index (χ1) is 5.31. The van der Waals surface area contributed by atoms with Gasteiger partial charge in [0.25, 0.3) is 0 Å². The van der Waals surface area contributed by atoms with Gasteiger partial charge in [-0.2, -0.15) is 0 Å². The van der Waals surface area contributed by atoms with E-state index < -0.39 is 0 Å². The van der Waals surface area contributed by atoms with Crippen LogP contribution >= 0.6 is 0 Å². The second-order valence-electron chi connectivity index (χ2n) is 3.00. The molecule has 0 heterocycles. The summed E-state index contributed by atoms with van der Waals surface area (Å²) in [7, 11) is 3.94. The van der Waals surface area contributed by atoms with E-state index in [4.69, 9.17) is 4.74 Å². The average Bonchev–Trinajstić information content (AvgIpc) is 1.99. The molecule has 0 aromatic rings. The second-order valence-corrected chi connectivity index (χ2v) is 3.00. The van der Waals surface area contributed by atoms with Gasteiger partial charge in [0.15, 0.2) is 0 Å². The minimum atomic E-state index is 0.903. The van der Waals surface area contributed by atoms with E-state index in [1.165, 1.54) is 32.4 Å². The van der Waals surface area contributed by atoms with Crippen LogP contribution < -0.4 is 0 Å². The molecular weight excluding hydrogens is 138 g/mol. The zero-order chi connectivity index (χ0) is 8.53. The van der Waals surface area contributed by atoms with Crippen molar-refractivity contribution in [2.75, 3.05) is 33.9 Å². The van der Waals surface area contributed by atoms with E-state index in [1.807, 2.05) is 0 Å². The normalized spacial score (nSPS) is 10.9. The van der Waals surface area contributed by atoms with Crippen LogP contribution in [0.2, 0.25) is 0 Å². The fraction of sp³-hybridized carbons (Fsp3) is 1.00. The summed E-state index contributed by atoms with van der Waals surface area (Å²) in [5.41, 5.74) is 0. The molecular formula is C9H21NO. The second kappa shape index (κ2) is 8.02. The van der Waals surface area contributed by atoms with Gasteiger partial charge in [-0.3, -0.25) is 0 Å². The van der Waals surface area contributed by atoms with Crippen LogP contribution in [0.1, 0.15) is 26.2 Å². The minimum Gasteiger partial charge on any atom is -0.385 e. The Balaban J connectivity index is 2.97. The van der Waals surface area contributed by atoms with E-state index in [1.54, 1.807) is 7.11 Å². The van der Waals surface area contributed by atoms with Gasteiger partial charge in [-0.25, -0.2) is 0 Å². The molecule has 2 heteroatoms. The van der Waals surface area contributed by atoms with Crippen molar-refractivity contribution in [3.05, 3.63) is 0 Å². The predicted octanol–water partition coefficient (Wildman–Crippen LogP) is 1.75. The van der Waals surface area contributed by atoms with Gasteiger partial charge in [0.2, 0.25) is 0 Å². The van der Waals surface area contributed by atoms with Gasteiger partial charge in [0.1, 0.15) is 0 Å². The van der Waals surface area contributed by atoms with E-state index in [0.29, 0.717) is 0 Å². The lowest BCUT2D eigenvalue weighted by Gasteiger charge is -2.14. The molecule has 0 aromatic carbocycles. The third kappa shape index (κ3) is 7.82. The molecule has 0 aliphatic carbocycles. The maximum atomic E-state index is 4.97. The van der Waals surface area contributed by atoms with Gasteiger partial charge in [-0.1, -0.05) is 6.92 Å². The molecule has 0 bridgehead atoms. The topological polar surface area (TPSA) is 12.5 Å². The number of hydrogen-bond acceptors (Lipinski definition) is 2. The van der Waals surface area contributed by atoms with Gasteiger partial charge < -0.3 is 9.64 Å². The fourth-order valence-corrected chi connectivity index (χ4v) is 1.12. The number of hydrogen-bond donors (Lipinski definition) is 0. The SMILES string of the molecule is CCCN(C)CCCCOC. The zero-order valence-electron chi connectivity index (χ0n) is 8.10. The Hall–Kier alpha value is -0.0800. The highest BCUT2D eigenvalue weighted by atomic mass is 16.5. The van der Waals surface area contributed by atoms with Gasteiger partial charge in [-0.05, 0) is 39.4 Å². The predicted molar refractivity (Wildman–Crippen MR) is 48.9 cm³/mol. The molecule has 0 aromatic heterocycles. The molecule has 0 saturated heterocycles. The number of nitrogens with zero attached hydrogens (tertiary/aromatic N) is 1. The number of methoxy groups -OCH3 is 1. The molecule has 11 heavy (non-hydrogen) atoms. The third-order valence-corrected chi connectivity index (χ3v) is 1.74. The zero-order valence-corrected chi connectivity index (χ0v) is 8.10. The van der Waals surface area contributed by atoms with E-state index in [9.17, 15) is 0 Å². The molecule has 2 nitrogen and oxygen atoms in total. The van der Waals surface area contributed by atoms with Gasteiger partial charge in [0.05, 0.1) is 0 Å². The number of unbranched alkanes of at least 4 members (excludes halogenated alkanes) is 1. The lowest BCUT2D eigenvalue weighted by Crippen LogP contribution is -2.20. The van der Waals surface area contributed by atoms with Crippen LogP contribution in [0.15, 0.2) is 0 Å². The lowest BCUT2D eigenvalue weighted by atomic mass is 10.3. The van der Waals surface area contributed by atoms with E-state index >= 15 is 0 Å². The van der Waals surface area contributed by atoms with Crippen LogP contribution in [0.4, 0.5) is 0 Å². The molecule has 0 spiro atoms. The Morgan fingerprint density at radius 1 is 1.18 bits per heavy atom. The maximum Gasteiger partial charge on any atom is 0.0462 e. The monoisotopic (exact) mass is 159 g/mol. The molecule has 0 amide bonds. The quantitative estimate of drug-likeness (QED) is 0.525. The van der Waals surface area contributed by atoms with Crippen molar-refractivity contribution in [2.45, 2.75) is 26.2 Å². The fourth-order valence-electron chi connectivity index (χ4n) is 1.12. The Bertz CT molecular complexity index is 76.0. The highest BCUT2D eigenvalue weighted by Gasteiger charge is 1.94. The van der Waals surface area contributed by atoms with Crippen LogP contribution in [0.5, 0.6) is 0 Å². The standard InChI is InChI=1S/C9H21NO/c1-4-7-10(2)8-5-6-9-11-3/h4-9H2,1-3H3. The van der Waals surface area contributed by atoms with Crippen LogP contribution in [-0.2, 0) is 4.74 Å². The largest absolute Gasteiger partial charge is 0.385 e. The summed E-state index contributed by atoms with van der Waals surface area (Å²) < 4.78 is 4.97. The van der Waals surface area contributed by atoms with Crippen LogP contribution in [-0.4, -0.2) is 38.8 Å². The summed E-state index contributed by atoms with van der Waals surface area (Å²) in [6.45, 7) is 5.54. The van der Waals surface area contributed by atoms with Crippen LogP contribution in [0, 0.1) is 0 Å². The average molecular weight is 159 g/mol. The van der Waals surface area contributed by atoms with Crippen LogP contribution in [0.25, 0.3) is 0 Å². The first-order valence-corrected chi connectivity index (χ1v) is 4.48. The van der Waals surface area contributed by atoms with Crippen molar-refractivity contribution in [3.63, 3.8) is 0 Å². The molecule has 0 rings (SSSR count). The van der Waals surface area contributed by atoms with E-state index in [0.717, 1.165) is 6.61 Å². The number of ether oxygens (including phenoxy) is 1. The van der Waals surface area contributed by atoms with Gasteiger partial charge in [-0.15, -0.1) is 0 Å². The smallest absolute Gasteiger partial charge is 0.0462 e. The van der Waals surface area contributed by atoms with Crippen molar-refractivity contribution in [1.29, 1.82) is 0 Å². The first-order valence-electron chi connectivity index (χ1n) is 4.48. The Labute approximate surface area is 70.5 Å².